The van der Waals surface area contributed by atoms with Gasteiger partial charge in [0, 0.05) is 6.08 Å². The highest BCUT2D eigenvalue weighted by molar-refractivity contribution is 6.42. The van der Waals surface area contributed by atoms with Crippen LogP contribution in [0.2, 0.25) is 10.0 Å². The molecular formula is C15H15Cl2NO3. The van der Waals surface area contributed by atoms with Crippen molar-refractivity contribution in [3.63, 3.8) is 0 Å². The minimum Gasteiger partial charge on any atom is -0.447 e. The van der Waals surface area contributed by atoms with Crippen LogP contribution in [0.15, 0.2) is 24.3 Å². The van der Waals surface area contributed by atoms with Gasteiger partial charge in [-0.15, -0.1) is 0 Å². The van der Waals surface area contributed by atoms with Crippen molar-refractivity contribution in [2.75, 3.05) is 6.61 Å². The minimum atomic E-state index is -0.600. The van der Waals surface area contributed by atoms with E-state index in [2.05, 4.69) is 0 Å². The van der Waals surface area contributed by atoms with Crippen LogP contribution in [-0.4, -0.2) is 29.5 Å². The van der Waals surface area contributed by atoms with Crippen LogP contribution >= 0.6 is 23.2 Å². The summed E-state index contributed by atoms with van der Waals surface area (Å²) in [7, 11) is 0. The van der Waals surface area contributed by atoms with Gasteiger partial charge in [0.1, 0.15) is 6.61 Å². The van der Waals surface area contributed by atoms with Gasteiger partial charge in [-0.2, -0.15) is 0 Å². The average Bonchev–Trinajstić information content (AvgIpc) is 2.82. The molecule has 4 nitrogen and oxygen atoms in total. The second kappa shape index (κ2) is 6.50. The molecule has 0 aromatic heterocycles. The Balaban J connectivity index is 2.14. The third-order valence-corrected chi connectivity index (χ3v) is 4.01. The molecular weight excluding hydrogens is 313 g/mol. The highest BCUT2D eigenvalue weighted by Gasteiger charge is 2.38. The molecule has 1 fully saturated rings. The van der Waals surface area contributed by atoms with E-state index in [9.17, 15) is 9.59 Å². The first-order valence-electron chi connectivity index (χ1n) is 6.53. The molecule has 1 aliphatic heterocycles. The Morgan fingerprint density at radius 2 is 2.10 bits per heavy atom. The van der Waals surface area contributed by atoms with Crippen LogP contribution in [0.3, 0.4) is 0 Å². The Bertz CT molecular complexity index is 599. The summed E-state index contributed by atoms with van der Waals surface area (Å²) < 4.78 is 4.94. The van der Waals surface area contributed by atoms with Crippen LogP contribution in [0, 0.1) is 5.92 Å². The van der Waals surface area contributed by atoms with Crippen LogP contribution in [0.5, 0.6) is 0 Å². The van der Waals surface area contributed by atoms with Crippen LogP contribution in [0.25, 0.3) is 6.08 Å². The van der Waals surface area contributed by atoms with Crippen LogP contribution in [-0.2, 0) is 9.53 Å². The molecule has 2 rings (SSSR count). The SMILES string of the molecule is CC(C)[C@H]1COC(=O)N1C(=O)/C=C/c1ccc(Cl)c(Cl)c1. The normalized spacial score (nSPS) is 18.6. The zero-order valence-corrected chi connectivity index (χ0v) is 13.2. The van der Waals surface area contributed by atoms with Crippen molar-refractivity contribution in [3.8, 4) is 0 Å². The van der Waals surface area contributed by atoms with Gasteiger partial charge in [-0.25, -0.2) is 9.69 Å². The molecule has 2 amide bonds. The van der Waals surface area contributed by atoms with E-state index in [1.807, 2.05) is 13.8 Å². The van der Waals surface area contributed by atoms with Gasteiger partial charge in [-0.3, -0.25) is 4.79 Å². The van der Waals surface area contributed by atoms with Gasteiger partial charge in [0.05, 0.1) is 16.1 Å². The topological polar surface area (TPSA) is 46.6 Å². The van der Waals surface area contributed by atoms with Gasteiger partial charge in [0.2, 0.25) is 0 Å². The molecule has 1 saturated heterocycles. The third kappa shape index (κ3) is 3.57. The standard InChI is InChI=1S/C15H15Cl2NO3/c1-9(2)13-8-21-15(20)18(13)14(19)6-4-10-3-5-11(16)12(17)7-10/h3-7,9,13H,8H2,1-2H3/b6-4+/t13-/m1/s1. The quantitative estimate of drug-likeness (QED) is 0.788. The molecule has 0 bridgehead atoms. The zero-order valence-electron chi connectivity index (χ0n) is 11.7. The number of hydrogen-bond donors (Lipinski definition) is 0. The first kappa shape index (κ1) is 15.9. The zero-order chi connectivity index (χ0) is 15.6. The molecule has 1 aliphatic rings. The molecule has 0 radical (unpaired) electrons. The van der Waals surface area contributed by atoms with E-state index >= 15 is 0 Å². The van der Waals surface area contributed by atoms with Crippen molar-refractivity contribution < 1.29 is 14.3 Å². The van der Waals surface area contributed by atoms with E-state index in [1.54, 1.807) is 24.3 Å². The Hall–Kier alpha value is -1.52. The van der Waals surface area contributed by atoms with Crippen molar-refractivity contribution in [1.82, 2.24) is 4.90 Å². The smallest absolute Gasteiger partial charge is 0.417 e. The molecule has 112 valence electrons. The maximum Gasteiger partial charge on any atom is 0.417 e. The van der Waals surface area contributed by atoms with Crippen molar-refractivity contribution in [1.29, 1.82) is 0 Å². The van der Waals surface area contributed by atoms with E-state index in [-0.39, 0.29) is 18.6 Å². The third-order valence-electron chi connectivity index (χ3n) is 3.27. The number of carbonyl (C=O) groups excluding carboxylic acids is 2. The second-order valence-electron chi connectivity index (χ2n) is 5.10. The molecule has 0 N–H and O–H groups in total. The summed E-state index contributed by atoms with van der Waals surface area (Å²) >= 11 is 11.7. The average molecular weight is 328 g/mol. The van der Waals surface area contributed by atoms with Crippen LogP contribution in [0.4, 0.5) is 4.79 Å². The Labute approximate surface area is 133 Å². The summed E-state index contributed by atoms with van der Waals surface area (Å²) in [6.07, 6.45) is 2.33. The molecule has 6 heteroatoms. The van der Waals surface area contributed by atoms with Gasteiger partial charge >= 0.3 is 6.09 Å². The van der Waals surface area contributed by atoms with E-state index in [0.717, 1.165) is 10.5 Å². The summed E-state index contributed by atoms with van der Waals surface area (Å²) in [5, 5.41) is 0.857. The highest BCUT2D eigenvalue weighted by Crippen LogP contribution is 2.24. The lowest BCUT2D eigenvalue weighted by Crippen LogP contribution is -2.40. The van der Waals surface area contributed by atoms with Gasteiger partial charge in [0.15, 0.2) is 0 Å². The molecule has 0 unspecified atom stereocenters. The predicted octanol–water partition coefficient (Wildman–Crippen LogP) is 4.01. The van der Waals surface area contributed by atoms with Crippen LogP contribution < -0.4 is 0 Å². The van der Waals surface area contributed by atoms with Gasteiger partial charge in [-0.05, 0) is 29.7 Å². The first-order valence-corrected chi connectivity index (χ1v) is 7.29. The molecule has 1 atom stereocenters. The summed E-state index contributed by atoms with van der Waals surface area (Å²) in [5.41, 5.74) is 0.728. The van der Waals surface area contributed by atoms with Crippen LogP contribution in [0.1, 0.15) is 19.4 Å². The van der Waals surface area contributed by atoms with E-state index in [1.165, 1.54) is 6.08 Å². The lowest BCUT2D eigenvalue weighted by Gasteiger charge is -2.20. The number of halogens is 2. The summed E-state index contributed by atoms with van der Waals surface area (Å²) in [6, 6.07) is 4.80. The number of nitrogens with zero attached hydrogens (tertiary/aromatic N) is 1. The van der Waals surface area contributed by atoms with Gasteiger partial charge in [0.25, 0.3) is 5.91 Å². The molecule has 1 aromatic rings. The largest absolute Gasteiger partial charge is 0.447 e. The fourth-order valence-corrected chi connectivity index (χ4v) is 2.35. The molecule has 0 aliphatic carbocycles. The van der Waals surface area contributed by atoms with Crippen molar-refractivity contribution in [3.05, 3.63) is 39.9 Å². The number of carbonyl (C=O) groups is 2. The first-order chi connectivity index (χ1) is 9.90. The number of amides is 2. The van der Waals surface area contributed by atoms with E-state index in [0.29, 0.717) is 10.0 Å². The Morgan fingerprint density at radius 1 is 1.38 bits per heavy atom. The lowest BCUT2D eigenvalue weighted by molar-refractivity contribution is -0.124. The molecule has 1 aromatic carbocycles. The summed E-state index contributed by atoms with van der Waals surface area (Å²) in [6.45, 7) is 4.12. The number of ether oxygens (including phenoxy) is 1. The maximum atomic E-state index is 12.2. The number of cyclic esters (lactones) is 1. The number of rotatable bonds is 3. The number of imide groups is 1. The summed E-state index contributed by atoms with van der Waals surface area (Å²) in [5.74, 6) is -0.263. The van der Waals surface area contributed by atoms with E-state index in [4.69, 9.17) is 27.9 Å². The maximum absolute atomic E-state index is 12.2. The predicted molar refractivity (Wildman–Crippen MR) is 82.3 cm³/mol. The van der Waals surface area contributed by atoms with Gasteiger partial charge < -0.3 is 4.74 Å². The monoisotopic (exact) mass is 327 g/mol. The molecule has 21 heavy (non-hydrogen) atoms. The Kier molecular flexibility index (Phi) is 4.91. The van der Waals surface area contributed by atoms with Crippen molar-refractivity contribution in [2.45, 2.75) is 19.9 Å². The Morgan fingerprint density at radius 3 is 2.71 bits per heavy atom. The molecule has 1 heterocycles. The molecule has 0 spiro atoms. The fourth-order valence-electron chi connectivity index (χ4n) is 2.04. The van der Waals surface area contributed by atoms with Gasteiger partial charge in [-0.1, -0.05) is 43.1 Å². The molecule has 0 saturated carbocycles. The van der Waals surface area contributed by atoms with Crippen molar-refractivity contribution >= 4 is 41.3 Å². The number of benzene rings is 1. The van der Waals surface area contributed by atoms with E-state index < -0.39 is 12.0 Å². The second-order valence-corrected chi connectivity index (χ2v) is 5.92. The fraction of sp³-hybridized carbons (Fsp3) is 0.333. The summed E-state index contributed by atoms with van der Waals surface area (Å²) in [4.78, 5) is 25.0. The van der Waals surface area contributed by atoms with Crippen molar-refractivity contribution in [2.24, 2.45) is 5.92 Å². The number of hydrogen-bond acceptors (Lipinski definition) is 3. The minimum absolute atomic E-state index is 0.138. The lowest BCUT2D eigenvalue weighted by atomic mass is 10.0. The highest BCUT2D eigenvalue weighted by atomic mass is 35.5.